The van der Waals surface area contributed by atoms with Crippen molar-refractivity contribution in [1.82, 2.24) is 10.2 Å². The van der Waals surface area contributed by atoms with Gasteiger partial charge < -0.3 is 16.0 Å². The van der Waals surface area contributed by atoms with Crippen LogP contribution < -0.4 is 11.1 Å². The van der Waals surface area contributed by atoms with Crippen molar-refractivity contribution in [2.24, 2.45) is 11.7 Å². The van der Waals surface area contributed by atoms with Crippen LogP contribution in [0.25, 0.3) is 0 Å². The molecule has 0 aliphatic carbocycles. The van der Waals surface area contributed by atoms with Gasteiger partial charge in [-0.2, -0.15) is 0 Å². The fourth-order valence-electron chi connectivity index (χ4n) is 2.17. The maximum Gasteiger partial charge on any atom is 0.244 e. The molecule has 2 unspecified atom stereocenters. The van der Waals surface area contributed by atoms with Crippen LogP contribution in [0.15, 0.2) is 0 Å². The van der Waals surface area contributed by atoms with E-state index in [0.29, 0.717) is 18.9 Å². The molecule has 2 amide bonds. The summed E-state index contributed by atoms with van der Waals surface area (Å²) >= 11 is 0. The minimum atomic E-state index is -0.457. The van der Waals surface area contributed by atoms with Gasteiger partial charge in [0.05, 0.1) is 0 Å². The lowest BCUT2D eigenvalue weighted by atomic mass is 9.94. The molecule has 0 aromatic rings. The second-order valence-corrected chi connectivity index (χ2v) is 5.29. The summed E-state index contributed by atoms with van der Waals surface area (Å²) in [6, 6.07) is -0.457. The molecular formula is C14H29N3O2. The number of hydrogen-bond donors (Lipinski definition) is 2. The highest BCUT2D eigenvalue weighted by Crippen LogP contribution is 2.16. The van der Waals surface area contributed by atoms with E-state index in [1.54, 1.807) is 21.0 Å². The zero-order valence-electron chi connectivity index (χ0n) is 12.7. The van der Waals surface area contributed by atoms with E-state index in [1.165, 1.54) is 4.90 Å². The molecule has 0 spiro atoms. The SMILES string of the molecule is CCCC(CCN)CCC(=O)NC(C)C(=O)N(C)C. The van der Waals surface area contributed by atoms with Crippen LogP contribution in [0.3, 0.4) is 0 Å². The quantitative estimate of drug-likeness (QED) is 0.660. The van der Waals surface area contributed by atoms with Crippen molar-refractivity contribution in [2.75, 3.05) is 20.6 Å². The summed E-state index contributed by atoms with van der Waals surface area (Å²) in [6.07, 6.45) is 4.50. The molecule has 0 saturated heterocycles. The lowest BCUT2D eigenvalue weighted by molar-refractivity contribution is -0.134. The highest BCUT2D eigenvalue weighted by molar-refractivity contribution is 5.86. The molecule has 5 nitrogen and oxygen atoms in total. The van der Waals surface area contributed by atoms with Crippen molar-refractivity contribution < 1.29 is 9.59 Å². The van der Waals surface area contributed by atoms with Gasteiger partial charge >= 0.3 is 0 Å². The first-order valence-corrected chi connectivity index (χ1v) is 7.12. The smallest absolute Gasteiger partial charge is 0.244 e. The van der Waals surface area contributed by atoms with Gasteiger partial charge in [-0.3, -0.25) is 9.59 Å². The van der Waals surface area contributed by atoms with E-state index >= 15 is 0 Å². The number of carbonyl (C=O) groups is 2. The predicted octanol–water partition coefficient (Wildman–Crippen LogP) is 1.12. The minimum absolute atomic E-state index is 0.0548. The Balaban J connectivity index is 4.06. The van der Waals surface area contributed by atoms with E-state index in [1.807, 2.05) is 0 Å². The second-order valence-electron chi connectivity index (χ2n) is 5.29. The van der Waals surface area contributed by atoms with E-state index in [4.69, 9.17) is 5.73 Å². The number of nitrogens with two attached hydrogens (primary N) is 1. The van der Waals surface area contributed by atoms with Gasteiger partial charge in [0.2, 0.25) is 11.8 Å². The van der Waals surface area contributed by atoms with Crippen LogP contribution in [0.4, 0.5) is 0 Å². The Kier molecular flexibility index (Phi) is 9.21. The van der Waals surface area contributed by atoms with E-state index in [2.05, 4.69) is 12.2 Å². The van der Waals surface area contributed by atoms with Crippen LogP contribution in [-0.2, 0) is 9.59 Å². The Hall–Kier alpha value is -1.10. The Morgan fingerprint density at radius 1 is 1.21 bits per heavy atom. The molecule has 0 aliphatic heterocycles. The number of nitrogens with zero attached hydrogens (tertiary/aromatic N) is 1. The largest absolute Gasteiger partial charge is 0.347 e. The number of likely N-dealkylation sites (N-methyl/N-ethyl adjacent to an activating group) is 1. The van der Waals surface area contributed by atoms with Gasteiger partial charge in [-0.05, 0) is 32.2 Å². The van der Waals surface area contributed by atoms with Crippen LogP contribution in [0.2, 0.25) is 0 Å². The molecule has 0 fully saturated rings. The van der Waals surface area contributed by atoms with E-state index in [-0.39, 0.29) is 11.8 Å². The van der Waals surface area contributed by atoms with Gasteiger partial charge in [0, 0.05) is 20.5 Å². The van der Waals surface area contributed by atoms with Crippen LogP contribution >= 0.6 is 0 Å². The average Bonchev–Trinajstić information content (AvgIpc) is 2.35. The topological polar surface area (TPSA) is 75.4 Å². The van der Waals surface area contributed by atoms with E-state index in [0.717, 1.165) is 25.7 Å². The summed E-state index contributed by atoms with van der Waals surface area (Å²) in [5.41, 5.74) is 5.57. The van der Waals surface area contributed by atoms with Gasteiger partial charge in [0.1, 0.15) is 6.04 Å². The molecule has 0 aliphatic rings. The van der Waals surface area contributed by atoms with Crippen molar-refractivity contribution >= 4 is 11.8 Å². The van der Waals surface area contributed by atoms with Crippen molar-refractivity contribution in [3.8, 4) is 0 Å². The third kappa shape index (κ3) is 7.82. The van der Waals surface area contributed by atoms with Crippen LogP contribution in [-0.4, -0.2) is 43.4 Å². The van der Waals surface area contributed by atoms with E-state index < -0.39 is 6.04 Å². The molecule has 0 radical (unpaired) electrons. The monoisotopic (exact) mass is 271 g/mol. The second kappa shape index (κ2) is 9.78. The minimum Gasteiger partial charge on any atom is -0.347 e. The highest BCUT2D eigenvalue weighted by atomic mass is 16.2. The summed E-state index contributed by atoms with van der Waals surface area (Å²) in [6.45, 7) is 4.52. The third-order valence-electron chi connectivity index (χ3n) is 3.24. The van der Waals surface area contributed by atoms with Crippen molar-refractivity contribution in [3.63, 3.8) is 0 Å². The van der Waals surface area contributed by atoms with Crippen LogP contribution in [0.5, 0.6) is 0 Å². The Bertz CT molecular complexity index is 274. The molecule has 0 heterocycles. The summed E-state index contributed by atoms with van der Waals surface area (Å²) in [5.74, 6) is 0.377. The molecule has 0 aromatic carbocycles. The number of carbonyl (C=O) groups excluding carboxylic acids is 2. The van der Waals surface area contributed by atoms with Crippen LogP contribution in [0.1, 0.15) is 46.0 Å². The Labute approximate surface area is 116 Å². The van der Waals surface area contributed by atoms with Gasteiger partial charge in [0.15, 0.2) is 0 Å². The maximum atomic E-state index is 11.8. The first-order chi connectivity index (χ1) is 8.92. The molecule has 5 heteroatoms. The van der Waals surface area contributed by atoms with Crippen molar-refractivity contribution in [2.45, 2.75) is 52.0 Å². The average molecular weight is 271 g/mol. The molecule has 0 bridgehead atoms. The number of nitrogens with one attached hydrogen (secondary N) is 1. The lowest BCUT2D eigenvalue weighted by Gasteiger charge is -2.19. The normalized spacial score (nSPS) is 13.7. The zero-order valence-corrected chi connectivity index (χ0v) is 12.7. The molecule has 0 saturated carbocycles. The first kappa shape index (κ1) is 17.9. The fraction of sp³-hybridized carbons (Fsp3) is 0.857. The van der Waals surface area contributed by atoms with Gasteiger partial charge in [-0.1, -0.05) is 19.8 Å². The molecular weight excluding hydrogens is 242 g/mol. The van der Waals surface area contributed by atoms with Gasteiger partial charge in [-0.15, -0.1) is 0 Å². The Morgan fingerprint density at radius 2 is 1.84 bits per heavy atom. The van der Waals surface area contributed by atoms with Gasteiger partial charge in [0.25, 0.3) is 0 Å². The molecule has 112 valence electrons. The summed E-state index contributed by atoms with van der Waals surface area (Å²) in [4.78, 5) is 24.9. The standard InChI is InChI=1S/C14H29N3O2/c1-5-6-12(9-10-15)7-8-13(18)16-11(2)14(19)17(3)4/h11-12H,5-10,15H2,1-4H3,(H,16,18). The number of amides is 2. The fourth-order valence-corrected chi connectivity index (χ4v) is 2.17. The highest BCUT2D eigenvalue weighted by Gasteiger charge is 2.17. The molecule has 2 atom stereocenters. The number of rotatable bonds is 9. The summed E-state index contributed by atoms with van der Waals surface area (Å²) < 4.78 is 0. The summed E-state index contributed by atoms with van der Waals surface area (Å²) in [5, 5.41) is 2.74. The third-order valence-corrected chi connectivity index (χ3v) is 3.24. The van der Waals surface area contributed by atoms with Gasteiger partial charge in [-0.25, -0.2) is 0 Å². The number of hydrogen-bond acceptors (Lipinski definition) is 3. The summed E-state index contributed by atoms with van der Waals surface area (Å²) in [7, 11) is 3.37. The molecule has 0 aromatic heterocycles. The molecule has 0 rings (SSSR count). The zero-order chi connectivity index (χ0) is 14.8. The predicted molar refractivity (Wildman–Crippen MR) is 77.6 cm³/mol. The van der Waals surface area contributed by atoms with E-state index in [9.17, 15) is 9.59 Å². The molecule has 19 heavy (non-hydrogen) atoms. The van der Waals surface area contributed by atoms with Crippen molar-refractivity contribution in [3.05, 3.63) is 0 Å². The Morgan fingerprint density at radius 3 is 2.32 bits per heavy atom. The lowest BCUT2D eigenvalue weighted by Crippen LogP contribution is -2.44. The maximum absolute atomic E-state index is 11.8. The van der Waals surface area contributed by atoms with Crippen molar-refractivity contribution in [1.29, 1.82) is 0 Å². The molecule has 3 N–H and O–H groups in total. The first-order valence-electron chi connectivity index (χ1n) is 7.12. The van der Waals surface area contributed by atoms with Crippen LogP contribution in [0, 0.1) is 5.92 Å².